The molecule has 8 nitrogen and oxygen atoms in total. The van der Waals surface area contributed by atoms with E-state index in [0.717, 1.165) is 52.2 Å². The van der Waals surface area contributed by atoms with Crippen LogP contribution in [0.4, 0.5) is 10.2 Å². The monoisotopic (exact) mass is 469 g/mol. The molecule has 0 saturated heterocycles. The maximum absolute atomic E-state index is 14.5. The lowest BCUT2D eigenvalue weighted by molar-refractivity contribution is 0.227. The van der Waals surface area contributed by atoms with E-state index in [9.17, 15) is 9.65 Å². The van der Waals surface area contributed by atoms with E-state index in [1.807, 2.05) is 24.7 Å². The van der Waals surface area contributed by atoms with E-state index in [1.54, 1.807) is 16.9 Å². The number of hydrogen-bond acceptors (Lipinski definition) is 6. The van der Waals surface area contributed by atoms with Gasteiger partial charge in [-0.15, -0.1) is 0 Å². The minimum atomic E-state index is -0.539. The molecule has 176 valence electrons. The first kappa shape index (κ1) is 21.4. The first-order chi connectivity index (χ1) is 16.9. The van der Waals surface area contributed by atoms with E-state index in [2.05, 4.69) is 23.1 Å². The van der Waals surface area contributed by atoms with Gasteiger partial charge in [0.15, 0.2) is 17.3 Å². The van der Waals surface area contributed by atoms with Gasteiger partial charge in [-0.05, 0) is 51.0 Å². The van der Waals surface area contributed by atoms with Crippen LogP contribution in [0.15, 0.2) is 30.5 Å². The van der Waals surface area contributed by atoms with Crippen LogP contribution in [0.1, 0.15) is 60.4 Å². The number of halogens is 1. The highest BCUT2D eigenvalue weighted by molar-refractivity contribution is 5.76. The summed E-state index contributed by atoms with van der Waals surface area (Å²) in [6, 6.07) is 8.82. The fraction of sp³-hybridized carbons (Fsp3) is 0.308. The molecule has 9 heteroatoms. The van der Waals surface area contributed by atoms with Crippen molar-refractivity contribution >= 4 is 5.82 Å². The van der Waals surface area contributed by atoms with Crippen LogP contribution in [-0.4, -0.2) is 24.5 Å². The van der Waals surface area contributed by atoms with Crippen molar-refractivity contribution < 1.29 is 9.13 Å². The van der Waals surface area contributed by atoms with Crippen molar-refractivity contribution in [3.05, 3.63) is 64.4 Å². The molecule has 2 aliphatic rings. The number of anilines is 1. The van der Waals surface area contributed by atoms with Gasteiger partial charge in [-0.2, -0.15) is 15.5 Å². The minimum Gasteiger partial charge on any atom is -0.482 e. The van der Waals surface area contributed by atoms with Crippen molar-refractivity contribution in [1.29, 1.82) is 5.26 Å². The Labute approximate surface area is 201 Å². The third-order valence-electron chi connectivity index (χ3n) is 7.09. The smallest absolute Gasteiger partial charge is 0.166 e. The van der Waals surface area contributed by atoms with Crippen LogP contribution in [0.5, 0.6) is 5.75 Å². The van der Waals surface area contributed by atoms with Crippen LogP contribution < -0.4 is 10.5 Å². The van der Waals surface area contributed by atoms with E-state index in [1.165, 1.54) is 12.1 Å². The number of nitrogen functional groups attached to an aromatic ring is 1. The van der Waals surface area contributed by atoms with Crippen molar-refractivity contribution in [1.82, 2.24) is 24.5 Å². The second-order valence-electron chi connectivity index (χ2n) is 9.06. The molecule has 4 heterocycles. The number of nitrogens with zero attached hydrogens (tertiary/aromatic N) is 6. The molecule has 1 aliphatic carbocycles. The third-order valence-corrected chi connectivity index (χ3v) is 7.09. The molecular formula is C26H24FN7O. The topological polar surface area (TPSA) is 108 Å². The number of nitriles is 1. The summed E-state index contributed by atoms with van der Waals surface area (Å²) in [4.78, 5) is 4.42. The highest BCUT2D eigenvalue weighted by atomic mass is 19.1. The molecule has 1 aromatic carbocycles. The first-order valence-corrected chi connectivity index (χ1v) is 11.7. The minimum absolute atomic E-state index is 0.0896. The molecule has 4 aromatic rings. The normalized spacial score (nSPS) is 17.9. The van der Waals surface area contributed by atoms with Crippen LogP contribution in [0.2, 0.25) is 0 Å². The average molecular weight is 470 g/mol. The molecule has 2 atom stereocenters. The van der Waals surface area contributed by atoms with Crippen molar-refractivity contribution in [2.24, 2.45) is 7.05 Å². The molecule has 2 N–H and O–H groups in total. The zero-order valence-corrected chi connectivity index (χ0v) is 19.7. The Bertz CT molecular complexity index is 1540. The maximum Gasteiger partial charge on any atom is 0.166 e. The third kappa shape index (κ3) is 3.06. The zero-order valence-electron chi connectivity index (χ0n) is 19.7. The molecule has 2 bridgehead atoms. The molecule has 0 radical (unpaired) electrons. The number of aryl methyl sites for hydroxylation is 3. The number of fused-ring (bicyclic) bond motifs is 7. The molecule has 0 fully saturated rings. The summed E-state index contributed by atoms with van der Waals surface area (Å²) in [6.45, 7) is 4.58. The summed E-state index contributed by atoms with van der Waals surface area (Å²) in [5, 5.41) is 19.5. The summed E-state index contributed by atoms with van der Waals surface area (Å²) in [7, 11) is 1.82. The Morgan fingerprint density at radius 1 is 1.23 bits per heavy atom. The van der Waals surface area contributed by atoms with Gasteiger partial charge in [0.05, 0.1) is 17.1 Å². The molecule has 0 saturated carbocycles. The van der Waals surface area contributed by atoms with Gasteiger partial charge in [0.1, 0.15) is 18.0 Å². The first-order valence-electron chi connectivity index (χ1n) is 11.7. The molecule has 6 rings (SSSR count). The van der Waals surface area contributed by atoms with Gasteiger partial charge in [0.2, 0.25) is 0 Å². The fourth-order valence-electron chi connectivity index (χ4n) is 5.61. The number of nitrogens with two attached hydrogens (primary N) is 1. The number of pyridine rings is 1. The summed E-state index contributed by atoms with van der Waals surface area (Å²) < 4.78 is 24.5. The van der Waals surface area contributed by atoms with Crippen LogP contribution in [0.25, 0.3) is 22.5 Å². The average Bonchev–Trinajstić information content (AvgIpc) is 3.50. The van der Waals surface area contributed by atoms with E-state index in [-0.39, 0.29) is 17.6 Å². The molecular weight excluding hydrogens is 445 g/mol. The second kappa shape index (κ2) is 7.67. The van der Waals surface area contributed by atoms with E-state index >= 15 is 0 Å². The van der Waals surface area contributed by atoms with Crippen molar-refractivity contribution in [2.45, 2.75) is 45.3 Å². The van der Waals surface area contributed by atoms with Gasteiger partial charge in [0.25, 0.3) is 0 Å². The SMILES string of the molecule is CCn1nc2c3c1-c1cnc(N)c(c1)O[C@H](C)c1cc(F)ccc1-c1c(c(C#N)nn1C)C3CC2. The molecule has 1 unspecified atom stereocenters. The van der Waals surface area contributed by atoms with E-state index < -0.39 is 6.10 Å². The summed E-state index contributed by atoms with van der Waals surface area (Å²) in [5.41, 5.74) is 13.5. The van der Waals surface area contributed by atoms with Crippen LogP contribution in [0, 0.1) is 17.1 Å². The Balaban J connectivity index is 1.75. The molecule has 0 spiro atoms. The predicted octanol–water partition coefficient (Wildman–Crippen LogP) is 4.49. The van der Waals surface area contributed by atoms with Crippen LogP contribution in [-0.2, 0) is 20.0 Å². The van der Waals surface area contributed by atoms with Gasteiger partial charge in [0, 0.05) is 53.5 Å². The Morgan fingerprint density at radius 2 is 2.06 bits per heavy atom. The van der Waals surface area contributed by atoms with Gasteiger partial charge in [-0.25, -0.2) is 9.37 Å². The van der Waals surface area contributed by atoms with E-state index in [0.29, 0.717) is 23.6 Å². The molecule has 3 aromatic heterocycles. The van der Waals surface area contributed by atoms with Gasteiger partial charge < -0.3 is 10.5 Å². The highest BCUT2D eigenvalue weighted by Gasteiger charge is 2.38. The predicted molar refractivity (Wildman–Crippen MR) is 128 cm³/mol. The number of hydrogen-bond donors (Lipinski definition) is 1. The highest BCUT2D eigenvalue weighted by Crippen LogP contribution is 2.49. The number of benzene rings is 1. The van der Waals surface area contributed by atoms with Crippen LogP contribution >= 0.6 is 0 Å². The number of ether oxygens (including phenoxy) is 1. The van der Waals surface area contributed by atoms with Crippen molar-refractivity contribution in [3.8, 4) is 34.3 Å². The van der Waals surface area contributed by atoms with Crippen molar-refractivity contribution in [3.63, 3.8) is 0 Å². The lowest BCUT2D eigenvalue weighted by atomic mass is 9.86. The van der Waals surface area contributed by atoms with Gasteiger partial charge in [-0.1, -0.05) is 0 Å². The quantitative estimate of drug-likeness (QED) is 0.440. The molecule has 1 aliphatic heterocycles. The maximum atomic E-state index is 14.5. The number of rotatable bonds is 1. The lowest BCUT2D eigenvalue weighted by Gasteiger charge is -2.23. The zero-order chi connectivity index (χ0) is 24.4. The summed E-state index contributed by atoms with van der Waals surface area (Å²) in [5.74, 6) is 0.235. The number of aromatic nitrogens is 5. The summed E-state index contributed by atoms with van der Waals surface area (Å²) >= 11 is 0. The largest absolute Gasteiger partial charge is 0.482 e. The standard InChI is InChI=1S/C26H24FN7O/c1-4-34-24-14-9-21(26(29)30-12-14)35-13(2)18-10-15(27)5-6-16(18)25-23(20(11-28)31-33(25)3)17-7-8-19(32-34)22(17)24/h5-6,9-10,12-13,17H,4,7-8H2,1-3H3,(H2,29,30)/t13-,17?/m1/s1. The molecule has 35 heavy (non-hydrogen) atoms. The van der Waals surface area contributed by atoms with Crippen LogP contribution in [0.3, 0.4) is 0 Å². The Morgan fingerprint density at radius 3 is 2.83 bits per heavy atom. The fourth-order valence-corrected chi connectivity index (χ4v) is 5.61. The van der Waals surface area contributed by atoms with E-state index in [4.69, 9.17) is 15.6 Å². The summed E-state index contributed by atoms with van der Waals surface area (Å²) in [6.07, 6.45) is 2.79. The Hall–Kier alpha value is -4.19. The molecule has 0 amide bonds. The van der Waals surface area contributed by atoms with Gasteiger partial charge >= 0.3 is 0 Å². The van der Waals surface area contributed by atoms with Crippen molar-refractivity contribution in [2.75, 3.05) is 5.73 Å². The second-order valence-corrected chi connectivity index (χ2v) is 9.06. The van der Waals surface area contributed by atoms with Gasteiger partial charge in [-0.3, -0.25) is 9.36 Å². The lowest BCUT2D eigenvalue weighted by Crippen LogP contribution is -2.12. The Kier molecular flexibility index (Phi) is 4.68.